The molecular formula is C19H23FN3OS+. The van der Waals surface area contributed by atoms with E-state index in [0.717, 1.165) is 43.2 Å². The number of nitrogens with one attached hydrogen (secondary N) is 2. The molecule has 1 aliphatic rings. The number of para-hydroxylation sites is 2. The molecule has 6 heteroatoms. The molecule has 0 bridgehead atoms. The average Bonchev–Trinajstić information content (AvgIpc) is 2.64. The maximum absolute atomic E-state index is 13.9. The Balaban J connectivity index is 1.63. The Morgan fingerprint density at radius 3 is 2.80 bits per heavy atom. The van der Waals surface area contributed by atoms with E-state index in [0.29, 0.717) is 11.7 Å². The van der Waals surface area contributed by atoms with E-state index < -0.39 is 0 Å². The van der Waals surface area contributed by atoms with Crippen LogP contribution >= 0.6 is 12.2 Å². The summed E-state index contributed by atoms with van der Waals surface area (Å²) in [5.74, 6) is 0.624. The first-order valence-electron chi connectivity index (χ1n) is 8.43. The number of hydrogen-bond donors (Lipinski definition) is 2. The maximum Gasteiger partial charge on any atom is 0.177 e. The number of hydrogen-bond acceptors (Lipinski definition) is 2. The molecule has 0 aliphatic carbocycles. The van der Waals surface area contributed by atoms with Crippen molar-refractivity contribution in [3.05, 3.63) is 59.9 Å². The highest BCUT2D eigenvalue weighted by atomic mass is 32.1. The molecule has 2 aromatic carbocycles. The van der Waals surface area contributed by atoms with Crippen LogP contribution < -0.4 is 15.0 Å². The Morgan fingerprint density at radius 2 is 2.00 bits per heavy atom. The van der Waals surface area contributed by atoms with Gasteiger partial charge in [-0.1, -0.05) is 30.3 Å². The van der Waals surface area contributed by atoms with Crippen molar-refractivity contribution in [1.82, 2.24) is 4.90 Å². The quantitative estimate of drug-likeness (QED) is 0.819. The van der Waals surface area contributed by atoms with Gasteiger partial charge in [-0.3, -0.25) is 0 Å². The van der Waals surface area contributed by atoms with Crippen molar-refractivity contribution in [3.8, 4) is 5.75 Å². The Kier molecular flexibility index (Phi) is 5.83. The van der Waals surface area contributed by atoms with E-state index in [2.05, 4.69) is 10.2 Å². The summed E-state index contributed by atoms with van der Waals surface area (Å²) in [6.07, 6.45) is 1.03. The third kappa shape index (κ3) is 4.46. The standard InChI is InChI=1S/C19H22FN3OS/c1-24-18-10-5-4-9-17(18)21-19(25)23-12-6-11-22(14-23)13-15-7-2-3-8-16(15)20/h2-5,7-10H,6,11-14H2,1H3,(H,21,25)/p+1. The summed E-state index contributed by atoms with van der Waals surface area (Å²) in [7, 11) is 1.64. The van der Waals surface area contributed by atoms with Gasteiger partial charge in [-0.15, -0.1) is 0 Å². The van der Waals surface area contributed by atoms with Crippen LogP contribution in [0.15, 0.2) is 48.5 Å². The molecule has 1 atom stereocenters. The molecule has 0 aromatic heterocycles. The van der Waals surface area contributed by atoms with Crippen molar-refractivity contribution in [2.45, 2.75) is 13.0 Å². The molecule has 1 aliphatic heterocycles. The van der Waals surface area contributed by atoms with E-state index in [1.165, 1.54) is 11.0 Å². The fourth-order valence-electron chi connectivity index (χ4n) is 3.12. The Morgan fingerprint density at radius 1 is 1.24 bits per heavy atom. The van der Waals surface area contributed by atoms with Gasteiger partial charge in [0.25, 0.3) is 0 Å². The Bertz CT molecular complexity index is 740. The zero-order chi connectivity index (χ0) is 17.6. The van der Waals surface area contributed by atoms with E-state index in [9.17, 15) is 4.39 Å². The van der Waals surface area contributed by atoms with Crippen LogP contribution in [0.3, 0.4) is 0 Å². The van der Waals surface area contributed by atoms with Crippen LogP contribution in [-0.4, -0.2) is 36.9 Å². The zero-order valence-corrected chi connectivity index (χ0v) is 15.1. The molecule has 0 saturated carbocycles. The molecular weight excluding hydrogens is 337 g/mol. The van der Waals surface area contributed by atoms with Gasteiger partial charge in [0.2, 0.25) is 0 Å². The van der Waals surface area contributed by atoms with E-state index in [1.807, 2.05) is 36.4 Å². The van der Waals surface area contributed by atoms with Gasteiger partial charge in [0.15, 0.2) is 11.8 Å². The number of nitrogens with zero attached hydrogens (tertiary/aromatic N) is 1. The maximum atomic E-state index is 13.9. The van der Waals surface area contributed by atoms with Crippen LogP contribution in [0.2, 0.25) is 0 Å². The second-order valence-corrected chi connectivity index (χ2v) is 6.56. The number of methoxy groups -OCH3 is 1. The number of thiocarbonyl (C=S) groups is 1. The fraction of sp³-hybridized carbons (Fsp3) is 0.316. The number of rotatable bonds is 4. The van der Waals surface area contributed by atoms with Crippen LogP contribution in [0.25, 0.3) is 0 Å². The van der Waals surface area contributed by atoms with Crippen LogP contribution in [0, 0.1) is 5.82 Å². The van der Waals surface area contributed by atoms with Crippen LogP contribution in [-0.2, 0) is 6.54 Å². The lowest BCUT2D eigenvalue weighted by molar-refractivity contribution is -0.927. The highest BCUT2D eigenvalue weighted by Crippen LogP contribution is 2.23. The number of halogens is 1. The molecule has 132 valence electrons. The molecule has 1 fully saturated rings. The lowest BCUT2D eigenvalue weighted by Gasteiger charge is -2.34. The van der Waals surface area contributed by atoms with Gasteiger partial charge in [0.1, 0.15) is 18.1 Å². The van der Waals surface area contributed by atoms with Gasteiger partial charge in [-0.05, 0) is 30.4 Å². The second-order valence-electron chi connectivity index (χ2n) is 6.17. The lowest BCUT2D eigenvalue weighted by atomic mass is 10.2. The predicted octanol–water partition coefficient (Wildman–Crippen LogP) is 2.28. The summed E-state index contributed by atoms with van der Waals surface area (Å²) in [5.41, 5.74) is 1.61. The Labute approximate surface area is 153 Å². The topological polar surface area (TPSA) is 28.9 Å². The molecule has 0 spiro atoms. The van der Waals surface area contributed by atoms with Crippen molar-refractivity contribution >= 4 is 23.0 Å². The molecule has 2 N–H and O–H groups in total. The molecule has 0 amide bonds. The van der Waals surface area contributed by atoms with Crippen LogP contribution in [0.1, 0.15) is 12.0 Å². The van der Waals surface area contributed by atoms with Crippen LogP contribution in [0.4, 0.5) is 10.1 Å². The second kappa shape index (κ2) is 8.27. The largest absolute Gasteiger partial charge is 0.495 e. The van der Waals surface area contributed by atoms with Gasteiger partial charge in [-0.2, -0.15) is 0 Å². The fourth-order valence-corrected chi connectivity index (χ4v) is 3.38. The van der Waals surface area contributed by atoms with Gasteiger partial charge < -0.3 is 19.9 Å². The summed E-state index contributed by atoms with van der Waals surface area (Å²) in [4.78, 5) is 3.45. The molecule has 1 saturated heterocycles. The summed E-state index contributed by atoms with van der Waals surface area (Å²) >= 11 is 5.58. The van der Waals surface area contributed by atoms with Gasteiger partial charge in [-0.25, -0.2) is 4.39 Å². The highest BCUT2D eigenvalue weighted by Gasteiger charge is 2.24. The number of ether oxygens (including phenoxy) is 1. The smallest absolute Gasteiger partial charge is 0.177 e. The van der Waals surface area contributed by atoms with E-state index in [-0.39, 0.29) is 5.82 Å². The van der Waals surface area contributed by atoms with Crippen molar-refractivity contribution in [1.29, 1.82) is 0 Å². The first-order valence-corrected chi connectivity index (χ1v) is 8.84. The molecule has 25 heavy (non-hydrogen) atoms. The van der Waals surface area contributed by atoms with Crippen LogP contribution in [0.5, 0.6) is 5.75 Å². The predicted molar refractivity (Wildman–Crippen MR) is 101 cm³/mol. The average molecular weight is 360 g/mol. The first-order chi connectivity index (χ1) is 12.2. The van der Waals surface area contributed by atoms with Gasteiger partial charge in [0.05, 0.1) is 19.3 Å². The van der Waals surface area contributed by atoms with Crippen molar-refractivity contribution in [2.75, 3.05) is 32.2 Å². The summed E-state index contributed by atoms with van der Waals surface area (Å²) < 4.78 is 19.3. The molecule has 1 heterocycles. The van der Waals surface area contributed by atoms with Crippen molar-refractivity contribution in [3.63, 3.8) is 0 Å². The third-order valence-corrected chi connectivity index (χ3v) is 4.77. The third-order valence-electron chi connectivity index (χ3n) is 4.41. The number of benzene rings is 2. The minimum Gasteiger partial charge on any atom is -0.495 e. The molecule has 1 unspecified atom stereocenters. The normalized spacial score (nSPS) is 17.2. The Hall–Kier alpha value is -2.18. The minimum absolute atomic E-state index is 0.137. The van der Waals surface area contributed by atoms with E-state index in [1.54, 1.807) is 13.2 Å². The minimum atomic E-state index is -0.137. The van der Waals surface area contributed by atoms with Gasteiger partial charge >= 0.3 is 0 Å². The summed E-state index contributed by atoms with van der Waals surface area (Å²) in [6, 6.07) is 14.7. The highest BCUT2D eigenvalue weighted by molar-refractivity contribution is 7.80. The zero-order valence-electron chi connectivity index (χ0n) is 14.3. The van der Waals surface area contributed by atoms with Gasteiger partial charge in [0, 0.05) is 18.5 Å². The number of anilines is 1. The summed E-state index contributed by atoms with van der Waals surface area (Å²) in [6.45, 7) is 3.35. The lowest BCUT2D eigenvalue weighted by Crippen LogP contribution is -3.13. The first kappa shape index (κ1) is 17.6. The summed E-state index contributed by atoms with van der Waals surface area (Å²) in [5, 5.41) is 3.95. The van der Waals surface area contributed by atoms with Crippen molar-refractivity contribution in [2.24, 2.45) is 0 Å². The molecule has 2 aromatic rings. The SMILES string of the molecule is COc1ccccc1NC(=S)N1CCC[NH+](Cc2ccccc2F)C1. The molecule has 3 rings (SSSR count). The number of quaternary nitrogens is 1. The van der Waals surface area contributed by atoms with E-state index in [4.69, 9.17) is 17.0 Å². The monoisotopic (exact) mass is 360 g/mol. The van der Waals surface area contributed by atoms with E-state index >= 15 is 0 Å². The molecule has 0 radical (unpaired) electrons. The molecule has 4 nitrogen and oxygen atoms in total. The van der Waals surface area contributed by atoms with Crippen molar-refractivity contribution < 1.29 is 14.0 Å².